The molecule has 0 aromatic heterocycles. The fraction of sp³-hybridized carbons (Fsp3) is 0.550. The number of aldehydes is 1. The molecule has 5 unspecified atom stereocenters. The molecule has 0 saturated heterocycles. The second kappa shape index (κ2) is 6.20. The lowest BCUT2D eigenvalue weighted by molar-refractivity contribution is -0.224. The summed E-state index contributed by atoms with van der Waals surface area (Å²) in [6.07, 6.45) is 6.10. The lowest BCUT2D eigenvalue weighted by Crippen LogP contribution is -2.64. The average molecular weight is 357 g/mol. The molecule has 0 bridgehead atoms. The highest BCUT2D eigenvalue weighted by molar-refractivity contribution is 6.04. The highest BCUT2D eigenvalue weighted by Crippen LogP contribution is 2.86. The molecule has 3 aliphatic rings. The predicted octanol–water partition coefficient (Wildman–Crippen LogP) is 2.07. The molecule has 0 aliphatic heterocycles. The minimum absolute atomic E-state index is 0.141. The summed E-state index contributed by atoms with van der Waals surface area (Å²) in [5, 5.41) is 13.6. The van der Waals surface area contributed by atoms with Crippen molar-refractivity contribution >= 4 is 18.5 Å². The zero-order valence-corrected chi connectivity index (χ0v) is 15.7. The molecule has 6 nitrogen and oxygen atoms in total. The molecule has 6 heteroatoms. The van der Waals surface area contributed by atoms with Gasteiger partial charge in [-0.2, -0.15) is 0 Å². The quantitative estimate of drug-likeness (QED) is 0.317. The van der Waals surface area contributed by atoms with Crippen LogP contribution in [-0.4, -0.2) is 54.3 Å². The zero-order chi connectivity index (χ0) is 19.3. The van der Waals surface area contributed by atoms with Gasteiger partial charge in [0.2, 0.25) is 0 Å². The van der Waals surface area contributed by atoms with E-state index in [0.717, 1.165) is 12.8 Å². The largest absolute Gasteiger partial charge is 0.389 e. The molecular formula is C20H27N3O3. The molecule has 5 atom stereocenters. The number of urea groups is 1. The molecule has 2 amide bonds. The average Bonchev–Trinajstić information content (AvgIpc) is 3.28. The van der Waals surface area contributed by atoms with Gasteiger partial charge in [-0.05, 0) is 30.3 Å². The Bertz CT molecular complexity index is 741. The predicted molar refractivity (Wildman–Crippen MR) is 101 cm³/mol. The Hall–Kier alpha value is -2.21. The molecule has 1 spiro atoms. The molecule has 0 radical (unpaired) electrons. The first kappa shape index (κ1) is 18.6. The van der Waals surface area contributed by atoms with Gasteiger partial charge >= 0.3 is 6.03 Å². The lowest BCUT2D eigenvalue weighted by Gasteiger charge is -2.60. The fourth-order valence-electron chi connectivity index (χ4n) is 5.63. The second-order valence-corrected chi connectivity index (χ2v) is 7.49. The minimum Gasteiger partial charge on any atom is -0.389 e. The van der Waals surface area contributed by atoms with Crippen LogP contribution in [0.4, 0.5) is 4.79 Å². The maximum Gasteiger partial charge on any atom is 0.321 e. The van der Waals surface area contributed by atoms with Crippen molar-refractivity contribution in [2.45, 2.75) is 37.8 Å². The topological polar surface area (TPSA) is 82.0 Å². The SMILES string of the molecule is C=CC(=C)/C(=C(/C=O)C=NC)N(C(=O)NC)C1C2CC3(O)CC(CC)C213. The lowest BCUT2D eigenvalue weighted by atomic mass is 9.47. The Kier molecular flexibility index (Phi) is 4.43. The number of aliphatic imine (C=N–C) groups is 1. The van der Waals surface area contributed by atoms with Crippen LogP contribution in [0.2, 0.25) is 0 Å². The smallest absolute Gasteiger partial charge is 0.321 e. The highest BCUT2D eigenvalue weighted by Gasteiger charge is 2.92. The number of allylic oxidation sites excluding steroid dienone is 2. The van der Waals surface area contributed by atoms with Crippen molar-refractivity contribution in [2.75, 3.05) is 14.1 Å². The third kappa shape index (κ3) is 2.05. The maximum absolute atomic E-state index is 12.8. The maximum atomic E-state index is 12.8. The summed E-state index contributed by atoms with van der Waals surface area (Å²) in [5.74, 6) is 0.642. The first-order valence-electron chi connectivity index (χ1n) is 9.04. The van der Waals surface area contributed by atoms with Crippen LogP contribution in [0.15, 0.2) is 41.1 Å². The molecule has 0 aromatic carbocycles. The van der Waals surface area contributed by atoms with E-state index in [4.69, 9.17) is 0 Å². The number of nitrogens with one attached hydrogen (secondary N) is 1. The van der Waals surface area contributed by atoms with Gasteiger partial charge in [-0.1, -0.05) is 32.6 Å². The van der Waals surface area contributed by atoms with Gasteiger partial charge in [-0.25, -0.2) is 4.79 Å². The van der Waals surface area contributed by atoms with Crippen LogP contribution in [0.25, 0.3) is 0 Å². The van der Waals surface area contributed by atoms with Crippen molar-refractivity contribution in [3.63, 3.8) is 0 Å². The van der Waals surface area contributed by atoms with Crippen molar-refractivity contribution in [1.29, 1.82) is 0 Å². The summed E-state index contributed by atoms with van der Waals surface area (Å²) < 4.78 is 0. The van der Waals surface area contributed by atoms with Gasteiger partial charge in [0.05, 0.1) is 22.9 Å². The second-order valence-electron chi connectivity index (χ2n) is 7.49. The molecule has 3 aliphatic carbocycles. The van der Waals surface area contributed by atoms with E-state index in [1.165, 1.54) is 12.3 Å². The molecule has 0 heterocycles. The number of hydrogen-bond acceptors (Lipinski definition) is 4. The Morgan fingerprint density at radius 3 is 2.62 bits per heavy atom. The van der Waals surface area contributed by atoms with Crippen LogP contribution < -0.4 is 5.32 Å². The molecule has 26 heavy (non-hydrogen) atoms. The highest BCUT2D eigenvalue weighted by atomic mass is 16.3. The van der Waals surface area contributed by atoms with Crippen LogP contribution in [-0.2, 0) is 4.79 Å². The zero-order valence-electron chi connectivity index (χ0n) is 15.7. The van der Waals surface area contributed by atoms with Crippen molar-refractivity contribution in [1.82, 2.24) is 10.2 Å². The Morgan fingerprint density at radius 2 is 2.15 bits per heavy atom. The first-order chi connectivity index (χ1) is 12.4. The Morgan fingerprint density at radius 1 is 1.46 bits per heavy atom. The number of hydrogen-bond donors (Lipinski definition) is 2. The summed E-state index contributed by atoms with van der Waals surface area (Å²) >= 11 is 0. The number of aliphatic hydroxyl groups is 1. The number of carbonyl (C=O) groups excluding carboxylic acids is 2. The molecule has 140 valence electrons. The van der Waals surface area contributed by atoms with Gasteiger partial charge < -0.3 is 10.4 Å². The van der Waals surface area contributed by atoms with Crippen LogP contribution >= 0.6 is 0 Å². The monoisotopic (exact) mass is 357 g/mol. The summed E-state index contributed by atoms with van der Waals surface area (Å²) in [6.45, 7) is 9.85. The van der Waals surface area contributed by atoms with E-state index in [9.17, 15) is 14.7 Å². The van der Waals surface area contributed by atoms with E-state index in [2.05, 4.69) is 30.4 Å². The van der Waals surface area contributed by atoms with Crippen LogP contribution in [0.1, 0.15) is 26.2 Å². The van der Waals surface area contributed by atoms with Crippen LogP contribution in [0.5, 0.6) is 0 Å². The van der Waals surface area contributed by atoms with Gasteiger partial charge in [0.25, 0.3) is 0 Å². The standard InChI is InChI=1S/C20H27N3O3/c1-6-12(3)16(13(11-24)10-21-4)23(18(25)22-5)17-15-9-19(26)8-14(7-2)20(15,17)19/h6,10-11,14-15,17,26H,1,3,7-9H2,2,4-5H3,(H,22,25)/b16-13-,21-10?. The molecule has 0 aromatic rings. The third-order valence-corrected chi connectivity index (χ3v) is 6.66. The summed E-state index contributed by atoms with van der Waals surface area (Å²) in [7, 11) is 3.13. The normalized spacial score (nSPS) is 37.3. The van der Waals surface area contributed by atoms with E-state index in [0.29, 0.717) is 29.9 Å². The van der Waals surface area contributed by atoms with Gasteiger partial charge in [0.1, 0.15) is 0 Å². The number of carbonyl (C=O) groups is 2. The van der Waals surface area contributed by atoms with E-state index >= 15 is 0 Å². The van der Waals surface area contributed by atoms with Crippen molar-refractivity contribution in [3.8, 4) is 0 Å². The number of amides is 2. The van der Waals surface area contributed by atoms with Gasteiger partial charge in [-0.3, -0.25) is 14.7 Å². The van der Waals surface area contributed by atoms with Crippen molar-refractivity contribution in [3.05, 3.63) is 36.1 Å². The Labute approximate surface area is 154 Å². The minimum atomic E-state index is -0.684. The molecule has 3 rings (SSSR count). The number of nitrogens with zero attached hydrogens (tertiary/aromatic N) is 2. The van der Waals surface area contributed by atoms with E-state index in [-0.39, 0.29) is 29.0 Å². The summed E-state index contributed by atoms with van der Waals surface area (Å²) in [4.78, 5) is 30.1. The van der Waals surface area contributed by atoms with Crippen LogP contribution in [0.3, 0.4) is 0 Å². The van der Waals surface area contributed by atoms with E-state index < -0.39 is 5.60 Å². The van der Waals surface area contributed by atoms with Crippen molar-refractivity contribution in [2.24, 2.45) is 22.2 Å². The van der Waals surface area contributed by atoms with Gasteiger partial charge in [-0.15, -0.1) is 0 Å². The molecular weight excluding hydrogens is 330 g/mol. The summed E-state index contributed by atoms with van der Waals surface area (Å²) in [5.41, 5.74) is 0.237. The number of rotatable bonds is 7. The molecule has 3 saturated carbocycles. The van der Waals surface area contributed by atoms with Gasteiger partial charge in [0.15, 0.2) is 6.29 Å². The third-order valence-electron chi connectivity index (χ3n) is 6.66. The van der Waals surface area contributed by atoms with Crippen molar-refractivity contribution < 1.29 is 14.7 Å². The van der Waals surface area contributed by atoms with Crippen LogP contribution in [0, 0.1) is 17.3 Å². The molecule has 2 N–H and O–H groups in total. The Balaban J connectivity index is 2.10. The van der Waals surface area contributed by atoms with Gasteiger partial charge in [0, 0.05) is 25.7 Å². The van der Waals surface area contributed by atoms with E-state index in [1.54, 1.807) is 19.0 Å². The first-order valence-corrected chi connectivity index (χ1v) is 9.04. The fourth-order valence-corrected chi connectivity index (χ4v) is 5.63. The molecule has 3 fully saturated rings. The van der Waals surface area contributed by atoms with E-state index in [1.807, 2.05) is 0 Å². The summed E-state index contributed by atoms with van der Waals surface area (Å²) in [6, 6.07) is -0.456.